The molecule has 0 bridgehead atoms. The zero-order valence-corrected chi connectivity index (χ0v) is 24.8. The highest BCUT2D eigenvalue weighted by Crippen LogP contribution is 2.27. The summed E-state index contributed by atoms with van der Waals surface area (Å²) >= 11 is 0. The fraction of sp³-hybridized carbons (Fsp3) is 0.229. The summed E-state index contributed by atoms with van der Waals surface area (Å²) in [7, 11) is 1.95. The number of aromatic nitrogens is 5. The van der Waals surface area contributed by atoms with Gasteiger partial charge in [0.1, 0.15) is 30.4 Å². The standard InChI is InChI=1S/C35H35N7O2/c1-40-33(26-9-3-2-4-10-26)24-29(38-40)25-44-31-12-7-11-27(23-31)32-13-8-14-34-37-35(39-42(32)34)36-28-15-17-30(18-16-28)43-22-21-41-19-5-6-20-41/h2-4,7-18,23-24H,5-6,19-22,25H2,1H3,(H,36,39). The highest BCUT2D eigenvalue weighted by atomic mass is 16.5. The number of pyridine rings is 1. The second-order valence-corrected chi connectivity index (χ2v) is 11.0. The Hall–Kier alpha value is -5.15. The summed E-state index contributed by atoms with van der Waals surface area (Å²) in [5.74, 6) is 2.14. The van der Waals surface area contributed by atoms with Gasteiger partial charge in [0.05, 0.1) is 11.4 Å². The van der Waals surface area contributed by atoms with Gasteiger partial charge in [-0.25, -0.2) is 4.52 Å². The van der Waals surface area contributed by atoms with Crippen LogP contribution in [0.5, 0.6) is 11.5 Å². The van der Waals surface area contributed by atoms with Crippen LogP contribution in [-0.2, 0) is 13.7 Å². The van der Waals surface area contributed by atoms with Gasteiger partial charge in [0.2, 0.25) is 5.95 Å². The number of anilines is 2. The first-order valence-electron chi connectivity index (χ1n) is 15.1. The van der Waals surface area contributed by atoms with Gasteiger partial charge in [0.25, 0.3) is 0 Å². The molecule has 0 radical (unpaired) electrons. The molecule has 3 aromatic heterocycles. The monoisotopic (exact) mass is 585 g/mol. The SMILES string of the molecule is Cn1nc(COc2cccc(-c3cccc4nc(Nc5ccc(OCCN6CCCC6)cc5)nn34)c2)cc1-c1ccccc1. The third-order valence-electron chi connectivity index (χ3n) is 7.86. The average Bonchev–Trinajstić information content (AvgIpc) is 3.81. The minimum absolute atomic E-state index is 0.369. The number of benzene rings is 3. The molecule has 0 unspecified atom stereocenters. The van der Waals surface area contributed by atoms with E-state index in [9.17, 15) is 0 Å². The number of hydrogen-bond donors (Lipinski definition) is 1. The molecule has 9 nitrogen and oxygen atoms in total. The van der Waals surface area contributed by atoms with Crippen LogP contribution >= 0.6 is 0 Å². The predicted molar refractivity (Wildman–Crippen MR) is 172 cm³/mol. The van der Waals surface area contributed by atoms with Crippen LogP contribution in [0.1, 0.15) is 18.5 Å². The van der Waals surface area contributed by atoms with Crippen molar-refractivity contribution in [2.24, 2.45) is 7.05 Å². The molecule has 0 saturated carbocycles. The lowest BCUT2D eigenvalue weighted by molar-refractivity contribution is 0.238. The van der Waals surface area contributed by atoms with Crippen molar-refractivity contribution in [2.45, 2.75) is 19.4 Å². The van der Waals surface area contributed by atoms with Crippen molar-refractivity contribution in [3.63, 3.8) is 0 Å². The van der Waals surface area contributed by atoms with Crippen LogP contribution in [0.4, 0.5) is 11.6 Å². The molecule has 7 rings (SSSR count). The van der Waals surface area contributed by atoms with Gasteiger partial charge in [-0.15, -0.1) is 5.10 Å². The lowest BCUT2D eigenvalue weighted by Gasteiger charge is -2.15. The van der Waals surface area contributed by atoms with E-state index in [2.05, 4.69) is 33.5 Å². The zero-order valence-electron chi connectivity index (χ0n) is 24.8. The number of fused-ring (bicyclic) bond motifs is 1. The third-order valence-corrected chi connectivity index (χ3v) is 7.86. The van der Waals surface area contributed by atoms with Crippen molar-refractivity contribution in [3.05, 3.63) is 109 Å². The molecule has 0 aliphatic carbocycles. The fourth-order valence-corrected chi connectivity index (χ4v) is 5.62. The molecule has 6 aromatic rings. The van der Waals surface area contributed by atoms with Gasteiger partial charge in [-0.3, -0.25) is 9.58 Å². The number of rotatable bonds is 11. The quantitative estimate of drug-likeness (QED) is 0.184. The smallest absolute Gasteiger partial charge is 0.247 e. The Morgan fingerprint density at radius 3 is 2.36 bits per heavy atom. The van der Waals surface area contributed by atoms with Crippen molar-refractivity contribution in [3.8, 4) is 34.0 Å². The molecule has 44 heavy (non-hydrogen) atoms. The molecule has 1 fully saturated rings. The normalized spacial score (nSPS) is 13.4. The van der Waals surface area contributed by atoms with Gasteiger partial charge in [0.15, 0.2) is 5.65 Å². The van der Waals surface area contributed by atoms with Gasteiger partial charge in [0, 0.05) is 24.8 Å². The maximum atomic E-state index is 6.17. The molecule has 3 aromatic carbocycles. The van der Waals surface area contributed by atoms with E-state index in [1.165, 1.54) is 25.9 Å². The lowest BCUT2D eigenvalue weighted by atomic mass is 10.1. The second-order valence-electron chi connectivity index (χ2n) is 11.0. The van der Waals surface area contributed by atoms with E-state index in [0.717, 1.165) is 57.6 Å². The summed E-state index contributed by atoms with van der Waals surface area (Å²) in [6.07, 6.45) is 2.59. The topological polar surface area (TPSA) is 81.7 Å². The van der Waals surface area contributed by atoms with E-state index in [4.69, 9.17) is 19.6 Å². The highest BCUT2D eigenvalue weighted by molar-refractivity contribution is 5.66. The van der Waals surface area contributed by atoms with Crippen LogP contribution in [0.2, 0.25) is 0 Å². The molecule has 1 saturated heterocycles. The molecule has 1 N–H and O–H groups in total. The van der Waals surface area contributed by atoms with Crippen molar-refractivity contribution in [1.82, 2.24) is 29.3 Å². The molecular weight excluding hydrogens is 550 g/mol. The van der Waals surface area contributed by atoms with Crippen LogP contribution in [0.25, 0.3) is 28.2 Å². The molecule has 222 valence electrons. The maximum Gasteiger partial charge on any atom is 0.247 e. The average molecular weight is 586 g/mol. The van der Waals surface area contributed by atoms with E-state index >= 15 is 0 Å². The van der Waals surface area contributed by atoms with Crippen LogP contribution < -0.4 is 14.8 Å². The van der Waals surface area contributed by atoms with Gasteiger partial charge >= 0.3 is 0 Å². The van der Waals surface area contributed by atoms with Gasteiger partial charge in [-0.05, 0) is 86.1 Å². The van der Waals surface area contributed by atoms with Crippen LogP contribution in [0.15, 0.2) is 103 Å². The van der Waals surface area contributed by atoms with E-state index in [1.807, 2.05) is 101 Å². The molecular formula is C35H35N7O2. The summed E-state index contributed by atoms with van der Waals surface area (Å²) in [5.41, 5.74) is 6.59. The summed E-state index contributed by atoms with van der Waals surface area (Å²) in [4.78, 5) is 7.16. The maximum absolute atomic E-state index is 6.17. The largest absolute Gasteiger partial charge is 0.492 e. The molecule has 0 atom stereocenters. The Morgan fingerprint density at radius 2 is 1.52 bits per heavy atom. The van der Waals surface area contributed by atoms with Gasteiger partial charge in [-0.1, -0.05) is 48.5 Å². The van der Waals surface area contributed by atoms with Crippen LogP contribution in [0, 0.1) is 0 Å². The zero-order chi connectivity index (χ0) is 29.7. The Bertz CT molecular complexity index is 1840. The van der Waals surface area contributed by atoms with Crippen molar-refractivity contribution in [1.29, 1.82) is 0 Å². The summed E-state index contributed by atoms with van der Waals surface area (Å²) in [6, 6.07) is 34.2. The summed E-state index contributed by atoms with van der Waals surface area (Å²) in [6.45, 7) is 4.41. The highest BCUT2D eigenvalue weighted by Gasteiger charge is 2.13. The molecule has 1 aliphatic heterocycles. The second kappa shape index (κ2) is 12.6. The number of nitrogens with one attached hydrogen (secondary N) is 1. The first-order chi connectivity index (χ1) is 21.7. The van der Waals surface area contributed by atoms with Crippen molar-refractivity contribution >= 4 is 17.3 Å². The number of nitrogens with zero attached hydrogens (tertiary/aromatic N) is 6. The minimum Gasteiger partial charge on any atom is -0.492 e. The van der Waals surface area contributed by atoms with Crippen LogP contribution in [-0.4, -0.2) is 55.5 Å². The van der Waals surface area contributed by atoms with E-state index in [0.29, 0.717) is 19.2 Å². The van der Waals surface area contributed by atoms with Gasteiger partial charge < -0.3 is 14.8 Å². The van der Waals surface area contributed by atoms with E-state index in [1.54, 1.807) is 0 Å². The van der Waals surface area contributed by atoms with E-state index < -0.39 is 0 Å². The Balaban J connectivity index is 1.02. The molecule has 0 amide bonds. The Morgan fingerprint density at radius 1 is 0.727 bits per heavy atom. The summed E-state index contributed by atoms with van der Waals surface area (Å²) in [5, 5.41) is 12.7. The first-order valence-corrected chi connectivity index (χ1v) is 15.1. The summed E-state index contributed by atoms with van der Waals surface area (Å²) < 4.78 is 15.8. The first kappa shape index (κ1) is 27.7. The third kappa shape index (κ3) is 6.28. The molecule has 9 heteroatoms. The number of hydrogen-bond acceptors (Lipinski definition) is 7. The molecule has 0 spiro atoms. The Kier molecular flexibility index (Phi) is 7.93. The van der Waals surface area contributed by atoms with Gasteiger partial charge in [-0.2, -0.15) is 10.1 Å². The van der Waals surface area contributed by atoms with Crippen molar-refractivity contribution in [2.75, 3.05) is 31.6 Å². The lowest BCUT2D eigenvalue weighted by Crippen LogP contribution is -2.25. The minimum atomic E-state index is 0.369. The number of likely N-dealkylation sites (tertiary alicyclic amines) is 1. The van der Waals surface area contributed by atoms with Crippen LogP contribution in [0.3, 0.4) is 0 Å². The Labute approximate surface area is 256 Å². The molecule has 4 heterocycles. The fourth-order valence-electron chi connectivity index (χ4n) is 5.62. The molecule has 1 aliphatic rings. The number of aryl methyl sites for hydroxylation is 1. The van der Waals surface area contributed by atoms with E-state index in [-0.39, 0.29) is 0 Å². The predicted octanol–water partition coefficient (Wildman–Crippen LogP) is 6.59. The number of ether oxygens (including phenoxy) is 2. The van der Waals surface area contributed by atoms with Crippen molar-refractivity contribution < 1.29 is 9.47 Å².